The van der Waals surface area contributed by atoms with E-state index in [0.717, 1.165) is 15.6 Å². The Kier molecular flexibility index (Phi) is 9.22. The molecular weight excluding hydrogens is 500 g/mol. The summed E-state index contributed by atoms with van der Waals surface area (Å²) >= 11 is 3.40. The Hall–Kier alpha value is -3.65. The number of aryl methyl sites for hydroxylation is 1. The maximum Gasteiger partial charge on any atom is 0.513 e. The third-order valence-electron chi connectivity index (χ3n) is 4.82. The molecule has 0 radical (unpaired) electrons. The normalized spacial score (nSPS) is 10.3. The molecule has 2 N–H and O–H groups in total. The number of hydrogen-bond acceptors (Lipinski definition) is 5. The summed E-state index contributed by atoms with van der Waals surface area (Å²) < 4.78 is 10.7. The van der Waals surface area contributed by atoms with E-state index in [-0.39, 0.29) is 18.4 Å². The Morgan fingerprint density at radius 2 is 1.50 bits per heavy atom. The van der Waals surface area contributed by atoms with Gasteiger partial charge in [-0.25, -0.2) is 4.79 Å². The second-order valence-corrected chi connectivity index (χ2v) is 8.28. The fourth-order valence-corrected chi connectivity index (χ4v) is 3.30. The lowest BCUT2D eigenvalue weighted by Crippen LogP contribution is -2.22. The molecule has 0 fully saturated rings. The highest BCUT2D eigenvalue weighted by molar-refractivity contribution is 9.10. The number of amides is 2. The predicted molar refractivity (Wildman–Crippen MR) is 133 cm³/mol. The summed E-state index contributed by atoms with van der Waals surface area (Å²) in [6, 6.07) is 21.4. The monoisotopic (exact) mass is 524 g/mol. The smallest absolute Gasteiger partial charge is 0.434 e. The number of rotatable bonds is 9. The summed E-state index contributed by atoms with van der Waals surface area (Å²) in [5, 5.41) is 5.72. The standard InChI is InChI=1S/C26H25BrN2O5/c1-2-33-26(32)34-23-14-8-20(9-15-23)25(31)28-17-19-5-12-22(13-6-19)29-24(30)16-7-18-3-10-21(27)11-4-18/h3-6,8-15H,2,7,16-17H2,1H3,(H,28,31)(H,29,30). The zero-order chi connectivity index (χ0) is 24.3. The van der Waals surface area contributed by atoms with Gasteiger partial charge < -0.3 is 20.1 Å². The highest BCUT2D eigenvalue weighted by Crippen LogP contribution is 2.15. The van der Waals surface area contributed by atoms with Crippen molar-refractivity contribution >= 4 is 39.6 Å². The van der Waals surface area contributed by atoms with Crippen LogP contribution in [0.4, 0.5) is 10.5 Å². The number of carbonyl (C=O) groups excluding carboxylic acids is 3. The Bertz CT molecular complexity index is 1110. The van der Waals surface area contributed by atoms with E-state index in [4.69, 9.17) is 9.47 Å². The summed E-state index contributed by atoms with van der Waals surface area (Å²) in [7, 11) is 0. The molecule has 0 saturated carbocycles. The molecule has 0 aliphatic carbocycles. The van der Waals surface area contributed by atoms with Crippen molar-refractivity contribution in [2.24, 2.45) is 0 Å². The van der Waals surface area contributed by atoms with Crippen LogP contribution >= 0.6 is 15.9 Å². The first-order chi connectivity index (χ1) is 16.4. The van der Waals surface area contributed by atoms with E-state index in [9.17, 15) is 14.4 Å². The molecule has 0 unspecified atom stereocenters. The van der Waals surface area contributed by atoms with E-state index in [1.165, 1.54) is 12.1 Å². The zero-order valence-electron chi connectivity index (χ0n) is 18.7. The third kappa shape index (κ3) is 8.04. The molecule has 0 aliphatic heterocycles. The molecule has 3 aromatic carbocycles. The molecule has 0 aliphatic rings. The number of hydrogen-bond donors (Lipinski definition) is 2. The zero-order valence-corrected chi connectivity index (χ0v) is 20.3. The van der Waals surface area contributed by atoms with Crippen LogP contribution in [0.5, 0.6) is 5.75 Å². The van der Waals surface area contributed by atoms with E-state index in [0.29, 0.717) is 36.4 Å². The lowest BCUT2D eigenvalue weighted by atomic mass is 10.1. The number of anilines is 1. The van der Waals surface area contributed by atoms with Crippen molar-refractivity contribution in [3.05, 3.63) is 94.0 Å². The summed E-state index contributed by atoms with van der Waals surface area (Å²) in [5.41, 5.74) is 3.13. The summed E-state index contributed by atoms with van der Waals surface area (Å²) in [6.45, 7) is 2.24. The lowest BCUT2D eigenvalue weighted by molar-refractivity contribution is -0.116. The van der Waals surface area contributed by atoms with Gasteiger partial charge in [0.05, 0.1) is 6.61 Å². The highest BCUT2D eigenvalue weighted by atomic mass is 79.9. The Morgan fingerprint density at radius 1 is 0.853 bits per heavy atom. The second kappa shape index (κ2) is 12.6. The van der Waals surface area contributed by atoms with Gasteiger partial charge in [0.15, 0.2) is 0 Å². The van der Waals surface area contributed by atoms with Crippen LogP contribution in [-0.4, -0.2) is 24.6 Å². The van der Waals surface area contributed by atoms with E-state index in [1.54, 1.807) is 31.2 Å². The average Bonchev–Trinajstić information content (AvgIpc) is 2.83. The molecule has 0 heterocycles. The predicted octanol–water partition coefficient (Wildman–Crippen LogP) is 5.49. The van der Waals surface area contributed by atoms with E-state index in [1.807, 2.05) is 36.4 Å². The summed E-state index contributed by atoms with van der Waals surface area (Å²) in [4.78, 5) is 35.9. The number of benzene rings is 3. The van der Waals surface area contributed by atoms with Crippen LogP contribution in [0.15, 0.2) is 77.3 Å². The van der Waals surface area contributed by atoms with E-state index < -0.39 is 6.16 Å². The molecule has 0 saturated heterocycles. The lowest BCUT2D eigenvalue weighted by Gasteiger charge is -2.09. The van der Waals surface area contributed by atoms with Crippen LogP contribution in [0.1, 0.15) is 34.8 Å². The molecule has 0 atom stereocenters. The van der Waals surface area contributed by atoms with Crippen molar-refractivity contribution in [3.8, 4) is 5.75 Å². The average molecular weight is 525 g/mol. The van der Waals surface area contributed by atoms with Crippen molar-refractivity contribution < 1.29 is 23.9 Å². The van der Waals surface area contributed by atoms with Gasteiger partial charge in [-0.3, -0.25) is 9.59 Å². The van der Waals surface area contributed by atoms with Gasteiger partial charge in [0.1, 0.15) is 5.75 Å². The van der Waals surface area contributed by atoms with E-state index in [2.05, 4.69) is 26.6 Å². The van der Waals surface area contributed by atoms with Gasteiger partial charge in [-0.1, -0.05) is 40.2 Å². The van der Waals surface area contributed by atoms with E-state index >= 15 is 0 Å². The van der Waals surface area contributed by atoms with Gasteiger partial charge in [-0.2, -0.15) is 0 Å². The molecule has 176 valence electrons. The number of halogens is 1. The van der Waals surface area contributed by atoms with Gasteiger partial charge in [0.25, 0.3) is 5.91 Å². The number of carbonyl (C=O) groups is 3. The highest BCUT2D eigenvalue weighted by Gasteiger charge is 2.09. The minimum absolute atomic E-state index is 0.0562. The Labute approximate surface area is 206 Å². The van der Waals surface area contributed by atoms with Crippen molar-refractivity contribution in [1.82, 2.24) is 5.32 Å². The minimum Gasteiger partial charge on any atom is -0.434 e. The largest absolute Gasteiger partial charge is 0.513 e. The van der Waals surface area contributed by atoms with Crippen molar-refractivity contribution in [1.29, 1.82) is 0 Å². The topological polar surface area (TPSA) is 93.7 Å². The molecule has 8 heteroatoms. The first kappa shape index (κ1) is 25.0. The fourth-order valence-electron chi connectivity index (χ4n) is 3.04. The molecule has 0 bridgehead atoms. The van der Waals surface area contributed by atoms with Gasteiger partial charge in [-0.05, 0) is 73.0 Å². The Balaban J connectivity index is 1.43. The SMILES string of the molecule is CCOC(=O)Oc1ccc(C(=O)NCc2ccc(NC(=O)CCc3ccc(Br)cc3)cc2)cc1. The van der Waals surface area contributed by atoms with Crippen LogP contribution in [0.3, 0.4) is 0 Å². The number of nitrogens with one attached hydrogen (secondary N) is 2. The summed E-state index contributed by atoms with van der Waals surface area (Å²) in [5.74, 6) is -0.0168. The molecule has 7 nitrogen and oxygen atoms in total. The van der Waals surface area contributed by atoms with Crippen molar-refractivity contribution in [3.63, 3.8) is 0 Å². The molecule has 2 amide bonds. The molecule has 0 spiro atoms. The van der Waals surface area contributed by atoms with Crippen LogP contribution in [0, 0.1) is 0 Å². The Morgan fingerprint density at radius 3 is 2.15 bits per heavy atom. The maximum absolute atomic E-state index is 12.4. The first-order valence-corrected chi connectivity index (χ1v) is 11.6. The molecule has 3 rings (SSSR count). The van der Waals surface area contributed by atoms with Gasteiger partial charge >= 0.3 is 6.16 Å². The second-order valence-electron chi connectivity index (χ2n) is 7.36. The third-order valence-corrected chi connectivity index (χ3v) is 5.35. The first-order valence-electron chi connectivity index (χ1n) is 10.8. The molecular formula is C26H25BrN2O5. The number of ether oxygens (including phenoxy) is 2. The van der Waals surface area contributed by atoms with Crippen LogP contribution < -0.4 is 15.4 Å². The quantitative estimate of drug-likeness (QED) is 0.285. The van der Waals surface area contributed by atoms with Gasteiger partial charge in [0.2, 0.25) is 5.91 Å². The molecule has 0 aromatic heterocycles. The van der Waals surface area contributed by atoms with Crippen LogP contribution in [-0.2, 0) is 22.5 Å². The molecule has 3 aromatic rings. The van der Waals surface area contributed by atoms with Gasteiger partial charge in [0, 0.05) is 28.7 Å². The van der Waals surface area contributed by atoms with Crippen molar-refractivity contribution in [2.75, 3.05) is 11.9 Å². The van der Waals surface area contributed by atoms with Crippen LogP contribution in [0.2, 0.25) is 0 Å². The summed E-state index contributed by atoms with van der Waals surface area (Å²) in [6.07, 6.45) is 0.270. The maximum atomic E-state index is 12.4. The minimum atomic E-state index is -0.788. The van der Waals surface area contributed by atoms with Crippen molar-refractivity contribution in [2.45, 2.75) is 26.3 Å². The van der Waals surface area contributed by atoms with Crippen LogP contribution in [0.25, 0.3) is 0 Å². The fraction of sp³-hybridized carbons (Fsp3) is 0.192. The van der Waals surface area contributed by atoms with Gasteiger partial charge in [-0.15, -0.1) is 0 Å². The molecule has 34 heavy (non-hydrogen) atoms.